The van der Waals surface area contributed by atoms with Gasteiger partial charge in [-0.15, -0.1) is 11.3 Å². The lowest BCUT2D eigenvalue weighted by Gasteiger charge is -2.17. The monoisotopic (exact) mass is 473 g/mol. The van der Waals surface area contributed by atoms with Crippen LogP contribution in [-0.4, -0.2) is 22.5 Å². The average Bonchev–Trinajstić information content (AvgIpc) is 2.85. The molecule has 0 saturated carbocycles. The molecule has 0 fully saturated rings. The highest BCUT2D eigenvalue weighted by Gasteiger charge is 2.14. The number of halogens is 1. The lowest BCUT2D eigenvalue weighted by molar-refractivity contribution is 0.267. The van der Waals surface area contributed by atoms with Gasteiger partial charge in [-0.1, -0.05) is 30.3 Å². The maximum absolute atomic E-state index is 13.2. The fourth-order valence-corrected chi connectivity index (χ4v) is 3.61. The Morgan fingerprint density at radius 2 is 1.86 bits per heavy atom. The van der Waals surface area contributed by atoms with Gasteiger partial charge in [-0.2, -0.15) is 5.10 Å². The van der Waals surface area contributed by atoms with E-state index in [-0.39, 0.29) is 12.4 Å². The summed E-state index contributed by atoms with van der Waals surface area (Å²) in [6, 6.07) is 16.4. The summed E-state index contributed by atoms with van der Waals surface area (Å²) < 4.78 is 25.9. The van der Waals surface area contributed by atoms with E-state index < -0.39 is 11.2 Å². The molecule has 0 saturated heterocycles. The zero-order valence-electron chi connectivity index (χ0n) is 19.2. The van der Waals surface area contributed by atoms with Crippen LogP contribution < -0.4 is 20.7 Å². The minimum atomic E-state index is -0.638. The molecule has 0 spiro atoms. The molecular weight excluding hydrogens is 449 g/mol. The fraction of sp³-hybridized carbons (Fsp3) is 0.148. The first kappa shape index (κ1) is 23.7. The SMILES string of the molecule is C=CCc1cc(C=Nn2c(=O)[nH]c3ccccc3c2=O)cc(OCC)c1OCc1ccc(F)cc1. The number of hydrogen-bond acceptors (Lipinski definition) is 5. The van der Waals surface area contributed by atoms with E-state index in [1.165, 1.54) is 18.3 Å². The normalized spacial score (nSPS) is 11.1. The molecule has 1 aromatic heterocycles. The van der Waals surface area contributed by atoms with Gasteiger partial charge in [-0.3, -0.25) is 4.79 Å². The molecule has 1 heterocycles. The molecule has 0 amide bonds. The molecule has 4 rings (SSSR count). The maximum atomic E-state index is 13.2. The summed E-state index contributed by atoms with van der Waals surface area (Å²) in [6.07, 6.45) is 3.64. The van der Waals surface area contributed by atoms with Crippen molar-refractivity contribution in [2.45, 2.75) is 20.0 Å². The lowest BCUT2D eigenvalue weighted by Crippen LogP contribution is -2.32. The van der Waals surface area contributed by atoms with Gasteiger partial charge in [-0.25, -0.2) is 9.18 Å². The largest absolute Gasteiger partial charge is 0.490 e. The predicted octanol–water partition coefficient (Wildman–Crippen LogP) is 4.42. The molecule has 8 heteroatoms. The smallest absolute Gasteiger partial charge is 0.349 e. The van der Waals surface area contributed by atoms with E-state index in [1.807, 2.05) is 13.0 Å². The molecule has 4 aromatic rings. The molecule has 0 aliphatic carbocycles. The summed E-state index contributed by atoms with van der Waals surface area (Å²) in [5.41, 5.74) is 1.49. The van der Waals surface area contributed by atoms with Gasteiger partial charge >= 0.3 is 5.69 Å². The van der Waals surface area contributed by atoms with Crippen LogP contribution in [0.25, 0.3) is 10.9 Å². The Bertz CT molecular complexity index is 1500. The van der Waals surface area contributed by atoms with E-state index in [0.717, 1.165) is 15.8 Å². The molecule has 1 N–H and O–H groups in total. The summed E-state index contributed by atoms with van der Waals surface area (Å²) in [7, 11) is 0. The van der Waals surface area contributed by atoms with Crippen LogP contribution in [-0.2, 0) is 13.0 Å². The summed E-state index contributed by atoms with van der Waals surface area (Å²) in [5, 5.41) is 4.49. The third-order valence-corrected chi connectivity index (χ3v) is 5.22. The molecule has 0 radical (unpaired) electrons. The first-order chi connectivity index (χ1) is 17.0. The van der Waals surface area contributed by atoms with Crippen molar-refractivity contribution < 1.29 is 13.9 Å². The summed E-state index contributed by atoms with van der Waals surface area (Å²) >= 11 is 0. The molecular formula is C27H24FN3O4. The Kier molecular flexibility index (Phi) is 7.21. The first-order valence-electron chi connectivity index (χ1n) is 11.1. The number of benzene rings is 3. The number of H-pyrrole nitrogens is 1. The fourth-order valence-electron chi connectivity index (χ4n) is 3.61. The van der Waals surface area contributed by atoms with Crippen LogP contribution in [0.1, 0.15) is 23.6 Å². The second kappa shape index (κ2) is 10.6. The Morgan fingerprint density at radius 3 is 2.60 bits per heavy atom. The van der Waals surface area contributed by atoms with Gasteiger partial charge in [0.25, 0.3) is 5.56 Å². The molecule has 0 aliphatic rings. The van der Waals surface area contributed by atoms with Crippen molar-refractivity contribution in [1.29, 1.82) is 0 Å². The first-order valence-corrected chi connectivity index (χ1v) is 11.1. The van der Waals surface area contributed by atoms with E-state index in [0.29, 0.717) is 41.0 Å². The highest BCUT2D eigenvalue weighted by atomic mass is 19.1. The summed E-state index contributed by atoms with van der Waals surface area (Å²) in [6.45, 7) is 6.28. The van der Waals surface area contributed by atoms with Gasteiger partial charge < -0.3 is 14.5 Å². The van der Waals surface area contributed by atoms with Crippen molar-refractivity contribution in [3.63, 3.8) is 0 Å². The van der Waals surface area contributed by atoms with Crippen LogP contribution in [0.4, 0.5) is 4.39 Å². The van der Waals surface area contributed by atoms with Crippen LogP contribution in [0.15, 0.2) is 88.0 Å². The molecule has 178 valence electrons. The molecule has 35 heavy (non-hydrogen) atoms. The standard InChI is InChI=1S/C27H24FN3O4/c1-3-7-20-14-19(16-29-31-26(32)22-8-5-6-9-23(22)30-27(31)33)15-24(34-4-2)25(20)35-17-18-10-12-21(28)13-11-18/h3,5-6,8-16H,1,4,7,17H2,2H3,(H,30,33). The van der Waals surface area contributed by atoms with E-state index in [9.17, 15) is 14.0 Å². The number of aromatic nitrogens is 2. The topological polar surface area (TPSA) is 85.7 Å². The molecule has 0 bridgehead atoms. The number of nitrogens with one attached hydrogen (secondary N) is 1. The van der Waals surface area contributed by atoms with Crippen molar-refractivity contribution in [2.75, 3.05) is 6.61 Å². The number of para-hydroxylation sites is 1. The van der Waals surface area contributed by atoms with Crippen LogP contribution in [0.3, 0.4) is 0 Å². The van der Waals surface area contributed by atoms with Gasteiger partial charge in [0, 0.05) is 5.56 Å². The Balaban J connectivity index is 1.70. The van der Waals surface area contributed by atoms with Crippen LogP contribution in [0.2, 0.25) is 0 Å². The van der Waals surface area contributed by atoms with E-state index >= 15 is 0 Å². The van der Waals surface area contributed by atoms with Crippen molar-refractivity contribution in [3.05, 3.63) is 117 Å². The predicted molar refractivity (Wildman–Crippen MR) is 134 cm³/mol. The number of nitrogens with zero attached hydrogens (tertiary/aromatic N) is 2. The number of fused-ring (bicyclic) bond motifs is 1. The number of aromatic amines is 1. The summed E-state index contributed by atoms with van der Waals surface area (Å²) in [5.74, 6) is 0.702. The second-order valence-electron chi connectivity index (χ2n) is 7.69. The van der Waals surface area contributed by atoms with Crippen LogP contribution in [0.5, 0.6) is 11.5 Å². The van der Waals surface area contributed by atoms with Crippen LogP contribution >= 0.6 is 0 Å². The number of ether oxygens (including phenoxy) is 2. The Morgan fingerprint density at radius 1 is 1.09 bits per heavy atom. The number of allylic oxidation sites excluding steroid dienone is 1. The van der Waals surface area contributed by atoms with Crippen molar-refractivity contribution >= 4 is 17.1 Å². The van der Waals surface area contributed by atoms with Crippen LogP contribution in [0, 0.1) is 5.82 Å². The Labute approximate surface area is 200 Å². The van der Waals surface area contributed by atoms with Gasteiger partial charge in [0.1, 0.15) is 12.4 Å². The molecule has 7 nitrogen and oxygen atoms in total. The van der Waals surface area contributed by atoms with Gasteiger partial charge in [0.15, 0.2) is 11.5 Å². The minimum absolute atomic E-state index is 0.222. The van der Waals surface area contributed by atoms with Gasteiger partial charge in [0.05, 0.1) is 23.7 Å². The molecule has 0 atom stereocenters. The van der Waals surface area contributed by atoms with E-state index in [4.69, 9.17) is 9.47 Å². The van der Waals surface area contributed by atoms with E-state index in [1.54, 1.807) is 48.5 Å². The minimum Gasteiger partial charge on any atom is -0.490 e. The molecule has 0 aliphatic heterocycles. The molecule has 3 aromatic carbocycles. The number of rotatable bonds is 9. The highest BCUT2D eigenvalue weighted by Crippen LogP contribution is 2.34. The maximum Gasteiger partial charge on any atom is 0.349 e. The second-order valence-corrected chi connectivity index (χ2v) is 7.69. The zero-order valence-corrected chi connectivity index (χ0v) is 19.2. The van der Waals surface area contributed by atoms with Crippen molar-refractivity contribution in [1.82, 2.24) is 9.66 Å². The zero-order chi connectivity index (χ0) is 24.8. The quantitative estimate of drug-likeness (QED) is 0.288. The van der Waals surface area contributed by atoms with Gasteiger partial charge in [0.2, 0.25) is 0 Å². The third-order valence-electron chi connectivity index (χ3n) is 5.22. The third kappa shape index (κ3) is 5.38. The average molecular weight is 474 g/mol. The van der Waals surface area contributed by atoms with Gasteiger partial charge in [-0.05, 0) is 60.9 Å². The number of hydrogen-bond donors (Lipinski definition) is 1. The van der Waals surface area contributed by atoms with Crippen molar-refractivity contribution in [3.8, 4) is 11.5 Å². The summed E-state index contributed by atoms with van der Waals surface area (Å²) in [4.78, 5) is 27.8. The molecule has 0 unspecified atom stereocenters. The Hall–Kier alpha value is -4.46. The highest BCUT2D eigenvalue weighted by molar-refractivity contribution is 5.82. The lowest BCUT2D eigenvalue weighted by atomic mass is 10.1. The van der Waals surface area contributed by atoms with E-state index in [2.05, 4.69) is 16.7 Å². The van der Waals surface area contributed by atoms with Crippen molar-refractivity contribution in [2.24, 2.45) is 5.10 Å².